The van der Waals surface area contributed by atoms with Crippen molar-refractivity contribution in [3.63, 3.8) is 0 Å². The predicted octanol–water partition coefficient (Wildman–Crippen LogP) is 9.09. The highest BCUT2D eigenvalue weighted by molar-refractivity contribution is 5.99. The number of rotatable bonds is 22. The van der Waals surface area contributed by atoms with Crippen LogP contribution in [0.1, 0.15) is 135 Å². The van der Waals surface area contributed by atoms with E-state index in [4.69, 9.17) is 9.47 Å². The van der Waals surface area contributed by atoms with Gasteiger partial charge in [-0.05, 0) is 25.3 Å². The Hall–Kier alpha value is -1.91. The van der Waals surface area contributed by atoms with Crippen molar-refractivity contribution in [3.05, 3.63) is 35.6 Å². The van der Waals surface area contributed by atoms with Gasteiger partial charge < -0.3 is 9.47 Å². The number of hydrogen-bond donors (Lipinski definition) is 0. The van der Waals surface area contributed by atoms with E-state index in [1.807, 2.05) is 0 Å². The minimum absolute atomic E-state index is 0.195. The van der Waals surface area contributed by atoms with Crippen LogP contribution in [-0.4, -0.2) is 18.5 Å². The lowest BCUT2D eigenvalue weighted by Gasteiger charge is -2.27. The van der Waals surface area contributed by atoms with Crippen molar-refractivity contribution < 1.29 is 23.5 Å². The topological polar surface area (TPSA) is 52.6 Å². The van der Waals surface area contributed by atoms with Gasteiger partial charge in [0, 0.05) is 5.56 Å². The van der Waals surface area contributed by atoms with Gasteiger partial charge in [-0.15, -0.1) is 0 Å². The van der Waals surface area contributed by atoms with Crippen LogP contribution in [0.15, 0.2) is 24.3 Å². The quantitative estimate of drug-likeness (QED) is 0.0894. The van der Waals surface area contributed by atoms with E-state index >= 15 is 0 Å². The average molecular weight is 507 g/mol. The summed E-state index contributed by atoms with van der Waals surface area (Å²) < 4.78 is 24.6. The molecule has 0 aliphatic rings. The SMILES string of the molecule is CCCCCCCCCCCCCCCCCOC(=O)C(CC)(CC)C(=O)OCc1ccccc1F. The number of halogens is 1. The molecule has 0 bridgehead atoms. The number of ether oxygens (including phenoxy) is 2. The van der Waals surface area contributed by atoms with Gasteiger partial charge in [-0.3, -0.25) is 9.59 Å². The maximum absolute atomic E-state index is 13.8. The lowest BCUT2D eigenvalue weighted by atomic mass is 9.82. The molecule has 0 N–H and O–H groups in total. The standard InChI is InChI=1S/C31H51FO4/c1-4-7-8-9-10-11-12-13-14-15-16-17-18-19-22-25-35-29(33)31(5-2,6-3)30(34)36-26-27-23-20-21-24-28(27)32/h20-21,23-24H,4-19,22,25-26H2,1-3H3. The molecule has 0 heterocycles. The van der Waals surface area contributed by atoms with Crippen LogP contribution in [0.2, 0.25) is 0 Å². The largest absolute Gasteiger partial charge is 0.465 e. The maximum Gasteiger partial charge on any atom is 0.323 e. The van der Waals surface area contributed by atoms with Crippen molar-refractivity contribution in [1.29, 1.82) is 0 Å². The minimum atomic E-state index is -1.33. The van der Waals surface area contributed by atoms with E-state index in [1.54, 1.807) is 32.0 Å². The molecular weight excluding hydrogens is 455 g/mol. The van der Waals surface area contributed by atoms with E-state index in [0.29, 0.717) is 6.61 Å². The zero-order valence-corrected chi connectivity index (χ0v) is 23.3. The number of carbonyl (C=O) groups excluding carboxylic acids is 2. The van der Waals surface area contributed by atoms with Crippen molar-refractivity contribution in [3.8, 4) is 0 Å². The summed E-state index contributed by atoms with van der Waals surface area (Å²) in [5.74, 6) is -1.60. The molecule has 0 unspecified atom stereocenters. The van der Waals surface area contributed by atoms with Gasteiger partial charge in [-0.2, -0.15) is 0 Å². The van der Waals surface area contributed by atoms with E-state index < -0.39 is 23.2 Å². The van der Waals surface area contributed by atoms with E-state index in [2.05, 4.69) is 6.92 Å². The van der Waals surface area contributed by atoms with E-state index in [-0.39, 0.29) is 25.0 Å². The molecule has 5 heteroatoms. The molecule has 0 spiro atoms. The Morgan fingerprint density at radius 2 is 1.11 bits per heavy atom. The van der Waals surface area contributed by atoms with Gasteiger partial charge in [-0.25, -0.2) is 4.39 Å². The van der Waals surface area contributed by atoms with Crippen LogP contribution in [0, 0.1) is 11.2 Å². The molecule has 0 aliphatic heterocycles. The van der Waals surface area contributed by atoms with E-state index in [1.165, 1.54) is 83.1 Å². The Kier molecular flexibility index (Phi) is 18.0. The third-order valence-electron chi connectivity index (χ3n) is 7.29. The number of benzene rings is 1. The normalized spacial score (nSPS) is 11.4. The molecular formula is C31H51FO4. The number of esters is 2. The van der Waals surface area contributed by atoms with Gasteiger partial charge in [0.1, 0.15) is 12.4 Å². The average Bonchev–Trinajstić information content (AvgIpc) is 2.89. The summed E-state index contributed by atoms with van der Waals surface area (Å²) >= 11 is 0. The summed E-state index contributed by atoms with van der Waals surface area (Å²) in [7, 11) is 0. The molecule has 0 aromatic heterocycles. The molecule has 206 valence electrons. The van der Waals surface area contributed by atoms with Gasteiger partial charge in [0.05, 0.1) is 6.61 Å². The number of carbonyl (C=O) groups is 2. The second kappa shape index (κ2) is 20.2. The minimum Gasteiger partial charge on any atom is -0.465 e. The summed E-state index contributed by atoms with van der Waals surface area (Å²) in [5, 5.41) is 0. The highest BCUT2D eigenvalue weighted by atomic mass is 19.1. The van der Waals surface area contributed by atoms with Crippen molar-refractivity contribution in [2.24, 2.45) is 5.41 Å². The lowest BCUT2D eigenvalue weighted by molar-refractivity contribution is -0.174. The Labute approximate surface area is 219 Å². The summed E-state index contributed by atoms with van der Waals surface area (Å²) in [6.45, 7) is 5.95. The first-order valence-electron chi connectivity index (χ1n) is 14.6. The lowest BCUT2D eigenvalue weighted by Crippen LogP contribution is -2.41. The van der Waals surface area contributed by atoms with Gasteiger partial charge in [-0.1, -0.05) is 129 Å². The van der Waals surface area contributed by atoms with Crippen LogP contribution in [0.25, 0.3) is 0 Å². The second-order valence-corrected chi connectivity index (χ2v) is 10.0. The Balaban J connectivity index is 2.15. The van der Waals surface area contributed by atoms with Gasteiger partial charge in [0.15, 0.2) is 5.41 Å². The smallest absolute Gasteiger partial charge is 0.323 e. The fourth-order valence-electron chi connectivity index (χ4n) is 4.58. The van der Waals surface area contributed by atoms with Crippen molar-refractivity contribution in [1.82, 2.24) is 0 Å². The zero-order valence-electron chi connectivity index (χ0n) is 23.3. The first kappa shape index (κ1) is 32.1. The molecule has 36 heavy (non-hydrogen) atoms. The zero-order chi connectivity index (χ0) is 26.5. The van der Waals surface area contributed by atoms with Crippen LogP contribution in [0.5, 0.6) is 0 Å². The van der Waals surface area contributed by atoms with Gasteiger partial charge in [0.25, 0.3) is 0 Å². The molecule has 1 aromatic carbocycles. The number of hydrogen-bond acceptors (Lipinski definition) is 4. The molecule has 0 saturated heterocycles. The van der Waals surface area contributed by atoms with Crippen molar-refractivity contribution in [2.45, 2.75) is 137 Å². The maximum atomic E-state index is 13.8. The van der Waals surface area contributed by atoms with Crippen LogP contribution in [0.3, 0.4) is 0 Å². The fraction of sp³-hybridized carbons (Fsp3) is 0.742. The molecule has 4 nitrogen and oxygen atoms in total. The van der Waals surface area contributed by atoms with Crippen LogP contribution in [0.4, 0.5) is 4.39 Å². The first-order chi connectivity index (χ1) is 17.5. The molecule has 1 aromatic rings. The van der Waals surface area contributed by atoms with Crippen LogP contribution in [-0.2, 0) is 25.7 Å². The molecule has 1 rings (SSSR count). The third kappa shape index (κ3) is 12.4. The predicted molar refractivity (Wildman–Crippen MR) is 145 cm³/mol. The molecule has 0 amide bonds. The summed E-state index contributed by atoms with van der Waals surface area (Å²) in [5.41, 5.74) is -1.04. The monoisotopic (exact) mass is 506 g/mol. The Bertz CT molecular complexity index is 714. The van der Waals surface area contributed by atoms with Gasteiger partial charge >= 0.3 is 11.9 Å². The molecule has 0 fully saturated rings. The fourth-order valence-corrected chi connectivity index (χ4v) is 4.58. The molecule has 0 radical (unpaired) electrons. The van der Waals surface area contributed by atoms with Crippen molar-refractivity contribution >= 4 is 11.9 Å². The summed E-state index contributed by atoms with van der Waals surface area (Å²) in [6, 6.07) is 6.15. The number of unbranched alkanes of at least 4 members (excludes halogenated alkanes) is 14. The highest BCUT2D eigenvalue weighted by Crippen LogP contribution is 2.31. The van der Waals surface area contributed by atoms with Gasteiger partial charge in [0.2, 0.25) is 0 Å². The highest BCUT2D eigenvalue weighted by Gasteiger charge is 2.46. The van der Waals surface area contributed by atoms with Crippen LogP contribution >= 0.6 is 0 Å². The molecule has 0 atom stereocenters. The molecule has 0 aliphatic carbocycles. The molecule has 0 saturated carbocycles. The van der Waals surface area contributed by atoms with E-state index in [9.17, 15) is 14.0 Å². The second-order valence-electron chi connectivity index (χ2n) is 10.0. The summed E-state index contributed by atoms with van der Waals surface area (Å²) in [4.78, 5) is 25.6. The Morgan fingerprint density at radius 3 is 1.58 bits per heavy atom. The first-order valence-corrected chi connectivity index (χ1v) is 14.6. The van der Waals surface area contributed by atoms with Crippen molar-refractivity contribution in [2.75, 3.05) is 6.61 Å². The Morgan fingerprint density at radius 1 is 0.667 bits per heavy atom. The van der Waals surface area contributed by atoms with E-state index in [0.717, 1.165) is 19.3 Å². The summed E-state index contributed by atoms with van der Waals surface area (Å²) in [6.07, 6.45) is 19.7. The third-order valence-corrected chi connectivity index (χ3v) is 7.29. The van der Waals surface area contributed by atoms with Crippen LogP contribution < -0.4 is 0 Å².